The average Bonchev–Trinajstić information content (AvgIpc) is 2.28. The summed E-state index contributed by atoms with van der Waals surface area (Å²) in [5.74, 6) is -0.737. The van der Waals surface area contributed by atoms with E-state index < -0.39 is 26.5 Å². The van der Waals surface area contributed by atoms with Crippen molar-refractivity contribution in [2.45, 2.75) is 11.6 Å². The minimum Gasteiger partial charge on any atom is -0.299 e. The molecule has 1 rings (SSSR count). The summed E-state index contributed by atoms with van der Waals surface area (Å²) in [5.41, 5.74) is 0. The van der Waals surface area contributed by atoms with Gasteiger partial charge in [-0.25, -0.2) is 17.2 Å². The molecule has 5 nitrogen and oxygen atoms in total. The monoisotopic (exact) mass is 231 g/mol. The van der Waals surface area contributed by atoms with E-state index in [0.29, 0.717) is 4.57 Å². The molecule has 0 aromatic carbocycles. The van der Waals surface area contributed by atoms with Crippen LogP contribution in [-0.4, -0.2) is 23.2 Å². The van der Waals surface area contributed by atoms with Crippen LogP contribution in [0.5, 0.6) is 0 Å². The van der Waals surface area contributed by atoms with Gasteiger partial charge in [0.1, 0.15) is 0 Å². The molecule has 13 heavy (non-hydrogen) atoms. The van der Waals surface area contributed by atoms with E-state index in [9.17, 15) is 17.2 Å². The molecule has 0 N–H and O–H groups in total. The summed E-state index contributed by atoms with van der Waals surface area (Å²) in [6, 6.07) is 0. The minimum absolute atomic E-state index is 0.632. The molecule has 1 aromatic rings. The number of alkyl halides is 2. The van der Waals surface area contributed by atoms with E-state index in [2.05, 4.69) is 10.2 Å². The van der Waals surface area contributed by atoms with Crippen molar-refractivity contribution in [2.75, 3.05) is 0 Å². The van der Waals surface area contributed by atoms with Gasteiger partial charge in [0.2, 0.25) is 5.82 Å². The zero-order chi connectivity index (χ0) is 10.2. The van der Waals surface area contributed by atoms with Gasteiger partial charge in [-0.05, 0) is 0 Å². The van der Waals surface area contributed by atoms with Crippen LogP contribution in [0.25, 0.3) is 0 Å². The zero-order valence-electron chi connectivity index (χ0n) is 6.28. The molecule has 0 amide bonds. The number of halogens is 3. The predicted molar refractivity (Wildman–Crippen MR) is 39.0 cm³/mol. The Bertz CT molecular complexity index is 415. The molecule has 0 aliphatic rings. The van der Waals surface area contributed by atoms with Crippen LogP contribution in [0.2, 0.25) is 0 Å². The Morgan fingerprint density at radius 3 is 2.23 bits per heavy atom. The zero-order valence-corrected chi connectivity index (χ0v) is 7.85. The first-order valence-corrected chi connectivity index (χ1v) is 5.27. The Kier molecular flexibility index (Phi) is 2.53. The van der Waals surface area contributed by atoms with Crippen LogP contribution in [0.1, 0.15) is 12.2 Å². The highest BCUT2D eigenvalue weighted by Crippen LogP contribution is 2.19. The number of rotatable bonds is 2. The lowest BCUT2D eigenvalue weighted by Gasteiger charge is -1.98. The van der Waals surface area contributed by atoms with Gasteiger partial charge in [0.05, 0.1) is 0 Å². The Morgan fingerprint density at radius 1 is 1.46 bits per heavy atom. The van der Waals surface area contributed by atoms with Crippen molar-refractivity contribution in [1.29, 1.82) is 0 Å². The molecular weight excluding hydrogens is 228 g/mol. The number of aromatic nitrogens is 3. The third-order valence-corrected chi connectivity index (χ3v) is 2.49. The highest BCUT2D eigenvalue weighted by atomic mass is 35.7. The molecule has 1 aromatic heterocycles. The van der Waals surface area contributed by atoms with Gasteiger partial charge < -0.3 is 0 Å². The molecule has 0 aliphatic carbocycles. The molecule has 0 bridgehead atoms. The standard InChI is InChI=1S/C4H4ClF2N3O2S/c1-10-3(2(6)7)8-9-4(10)13(5,11)12/h2H,1H3. The maximum absolute atomic E-state index is 12.1. The fourth-order valence-electron chi connectivity index (χ4n) is 0.729. The first-order valence-electron chi connectivity index (χ1n) is 2.96. The highest BCUT2D eigenvalue weighted by Gasteiger charge is 2.24. The molecule has 0 spiro atoms. The topological polar surface area (TPSA) is 64.8 Å². The van der Waals surface area contributed by atoms with Crippen molar-refractivity contribution in [3.63, 3.8) is 0 Å². The van der Waals surface area contributed by atoms with Gasteiger partial charge in [-0.2, -0.15) is 0 Å². The molecule has 0 saturated carbocycles. The Morgan fingerprint density at radius 2 is 2.00 bits per heavy atom. The predicted octanol–water partition coefficient (Wildman–Crippen LogP) is 0.680. The molecule has 0 aliphatic heterocycles. The summed E-state index contributed by atoms with van der Waals surface area (Å²) in [7, 11) is 1.86. The maximum atomic E-state index is 12.1. The Balaban J connectivity index is 3.30. The van der Waals surface area contributed by atoms with Crippen LogP contribution in [-0.2, 0) is 16.1 Å². The fourth-order valence-corrected chi connectivity index (χ4v) is 1.69. The summed E-state index contributed by atoms with van der Waals surface area (Å²) >= 11 is 0. The third-order valence-electron chi connectivity index (χ3n) is 1.28. The lowest BCUT2D eigenvalue weighted by atomic mass is 10.6. The van der Waals surface area contributed by atoms with Crippen LogP contribution in [0.15, 0.2) is 5.16 Å². The van der Waals surface area contributed by atoms with Gasteiger partial charge in [-0.15, -0.1) is 10.2 Å². The smallest absolute Gasteiger partial charge is 0.297 e. The van der Waals surface area contributed by atoms with Gasteiger partial charge in [-0.1, -0.05) is 0 Å². The van der Waals surface area contributed by atoms with Gasteiger partial charge >= 0.3 is 0 Å². The molecule has 1 heterocycles. The normalized spacial score (nSPS) is 12.4. The quantitative estimate of drug-likeness (QED) is 0.702. The molecule has 0 atom stereocenters. The molecule has 0 unspecified atom stereocenters. The van der Waals surface area contributed by atoms with Crippen molar-refractivity contribution in [3.8, 4) is 0 Å². The molecule has 0 radical (unpaired) electrons. The lowest BCUT2D eigenvalue weighted by Crippen LogP contribution is -2.04. The molecular formula is C4H4ClF2N3O2S. The van der Waals surface area contributed by atoms with Crippen molar-refractivity contribution >= 4 is 19.7 Å². The van der Waals surface area contributed by atoms with Crippen molar-refractivity contribution in [1.82, 2.24) is 14.8 Å². The largest absolute Gasteiger partial charge is 0.299 e. The highest BCUT2D eigenvalue weighted by molar-refractivity contribution is 8.13. The van der Waals surface area contributed by atoms with E-state index in [1.165, 1.54) is 0 Å². The fraction of sp³-hybridized carbons (Fsp3) is 0.500. The summed E-state index contributed by atoms with van der Waals surface area (Å²) < 4.78 is 46.1. The van der Waals surface area contributed by atoms with Gasteiger partial charge in [0, 0.05) is 17.7 Å². The average molecular weight is 232 g/mol. The Labute approximate surface area is 76.8 Å². The molecule has 9 heteroatoms. The summed E-state index contributed by atoms with van der Waals surface area (Å²) in [5, 5.41) is 5.31. The van der Waals surface area contributed by atoms with E-state index in [-0.39, 0.29) is 0 Å². The first kappa shape index (κ1) is 10.3. The number of hydrogen-bond donors (Lipinski definition) is 0. The van der Waals surface area contributed by atoms with E-state index in [1.807, 2.05) is 0 Å². The van der Waals surface area contributed by atoms with Crippen LogP contribution in [0.4, 0.5) is 8.78 Å². The van der Waals surface area contributed by atoms with E-state index in [0.717, 1.165) is 7.05 Å². The molecule has 74 valence electrons. The maximum Gasteiger partial charge on any atom is 0.297 e. The van der Waals surface area contributed by atoms with E-state index >= 15 is 0 Å². The van der Waals surface area contributed by atoms with Crippen molar-refractivity contribution in [3.05, 3.63) is 5.82 Å². The van der Waals surface area contributed by atoms with Gasteiger partial charge in [-0.3, -0.25) is 4.57 Å². The van der Waals surface area contributed by atoms with Crippen molar-refractivity contribution in [2.24, 2.45) is 7.05 Å². The van der Waals surface area contributed by atoms with E-state index in [1.54, 1.807) is 0 Å². The molecule has 0 saturated heterocycles. The second kappa shape index (κ2) is 3.18. The first-order chi connectivity index (χ1) is 5.84. The van der Waals surface area contributed by atoms with Crippen LogP contribution >= 0.6 is 10.7 Å². The summed E-state index contributed by atoms with van der Waals surface area (Å²) in [4.78, 5) is 0. The molecule has 0 fully saturated rings. The van der Waals surface area contributed by atoms with Gasteiger partial charge in [0.25, 0.3) is 20.6 Å². The number of hydrogen-bond acceptors (Lipinski definition) is 4. The van der Waals surface area contributed by atoms with Crippen LogP contribution in [0.3, 0.4) is 0 Å². The minimum atomic E-state index is -4.12. The Hall–Kier alpha value is -0.760. The van der Waals surface area contributed by atoms with E-state index in [4.69, 9.17) is 10.7 Å². The van der Waals surface area contributed by atoms with Crippen LogP contribution in [0, 0.1) is 0 Å². The van der Waals surface area contributed by atoms with Gasteiger partial charge in [0.15, 0.2) is 0 Å². The van der Waals surface area contributed by atoms with Crippen LogP contribution < -0.4 is 0 Å². The second-order valence-corrected chi connectivity index (χ2v) is 4.60. The SMILES string of the molecule is Cn1c(C(F)F)nnc1S(=O)(=O)Cl. The summed E-state index contributed by atoms with van der Waals surface area (Å²) in [6.07, 6.45) is -2.88. The summed E-state index contributed by atoms with van der Waals surface area (Å²) in [6.45, 7) is 0. The third kappa shape index (κ3) is 1.94. The second-order valence-electron chi connectivity index (χ2n) is 2.14. The lowest BCUT2D eigenvalue weighted by molar-refractivity contribution is 0.135. The number of nitrogens with zero attached hydrogens (tertiary/aromatic N) is 3. The van der Waals surface area contributed by atoms with Crippen molar-refractivity contribution < 1.29 is 17.2 Å².